The molecule has 19 heavy (non-hydrogen) atoms. The average molecular weight is 258 g/mol. The maximum Gasteiger partial charge on any atom is 0.321 e. The number of hydrogen-bond acceptors (Lipinski definition) is 4. The standard InChI is InChI=1S/C13H14N4O2/c18-13(19)10-5-12-11(6-15-10)16-8-17(12)7-9-3-1-2-4-14-9/h1-4,8,10,15H,5-7H2,(H,18,19). The van der Waals surface area contributed by atoms with E-state index in [0.717, 1.165) is 17.1 Å². The molecule has 0 fully saturated rings. The number of carboxylic acids is 1. The summed E-state index contributed by atoms with van der Waals surface area (Å²) in [5, 5.41) is 12.0. The molecule has 3 rings (SSSR count). The van der Waals surface area contributed by atoms with Crippen LogP contribution in [0, 0.1) is 0 Å². The molecule has 1 aliphatic rings. The van der Waals surface area contributed by atoms with E-state index in [1.807, 2.05) is 22.8 Å². The molecule has 0 bridgehead atoms. The Balaban J connectivity index is 1.85. The molecule has 98 valence electrons. The highest BCUT2D eigenvalue weighted by Gasteiger charge is 2.26. The quantitative estimate of drug-likeness (QED) is 0.834. The van der Waals surface area contributed by atoms with Gasteiger partial charge in [0, 0.05) is 24.9 Å². The molecule has 0 saturated carbocycles. The number of fused-ring (bicyclic) bond motifs is 1. The van der Waals surface area contributed by atoms with Gasteiger partial charge in [0.25, 0.3) is 0 Å². The second-order valence-corrected chi connectivity index (χ2v) is 4.56. The largest absolute Gasteiger partial charge is 0.480 e. The molecule has 0 amide bonds. The van der Waals surface area contributed by atoms with Gasteiger partial charge in [-0.05, 0) is 12.1 Å². The molecule has 0 saturated heterocycles. The van der Waals surface area contributed by atoms with Crippen LogP contribution in [-0.2, 0) is 24.3 Å². The van der Waals surface area contributed by atoms with Gasteiger partial charge in [-0.1, -0.05) is 6.07 Å². The van der Waals surface area contributed by atoms with Crippen molar-refractivity contribution < 1.29 is 9.90 Å². The van der Waals surface area contributed by atoms with Gasteiger partial charge in [-0.25, -0.2) is 4.98 Å². The smallest absolute Gasteiger partial charge is 0.321 e. The number of hydrogen-bond donors (Lipinski definition) is 2. The summed E-state index contributed by atoms with van der Waals surface area (Å²) in [7, 11) is 0. The van der Waals surface area contributed by atoms with Crippen LogP contribution in [-0.4, -0.2) is 31.7 Å². The number of imidazole rings is 1. The molecule has 2 aromatic rings. The van der Waals surface area contributed by atoms with Crippen molar-refractivity contribution in [3.8, 4) is 0 Å². The van der Waals surface area contributed by atoms with Crippen LogP contribution in [0.4, 0.5) is 0 Å². The van der Waals surface area contributed by atoms with Crippen LogP contribution in [0.5, 0.6) is 0 Å². The molecular formula is C13H14N4O2. The lowest BCUT2D eigenvalue weighted by molar-refractivity contribution is -0.139. The van der Waals surface area contributed by atoms with Gasteiger partial charge < -0.3 is 9.67 Å². The minimum Gasteiger partial charge on any atom is -0.480 e. The third kappa shape index (κ3) is 2.34. The van der Waals surface area contributed by atoms with Crippen molar-refractivity contribution in [1.29, 1.82) is 0 Å². The zero-order valence-corrected chi connectivity index (χ0v) is 10.3. The predicted molar refractivity (Wildman–Crippen MR) is 67.5 cm³/mol. The fourth-order valence-electron chi connectivity index (χ4n) is 2.29. The van der Waals surface area contributed by atoms with Gasteiger partial charge in [0.05, 0.1) is 24.3 Å². The van der Waals surface area contributed by atoms with E-state index >= 15 is 0 Å². The minimum atomic E-state index is -0.823. The third-order valence-corrected chi connectivity index (χ3v) is 3.30. The van der Waals surface area contributed by atoms with Gasteiger partial charge in [-0.3, -0.25) is 15.1 Å². The number of rotatable bonds is 3. The van der Waals surface area contributed by atoms with Gasteiger partial charge in [0.1, 0.15) is 6.04 Å². The topological polar surface area (TPSA) is 80.0 Å². The zero-order valence-electron chi connectivity index (χ0n) is 10.3. The molecular weight excluding hydrogens is 244 g/mol. The molecule has 6 nitrogen and oxygen atoms in total. The Hall–Kier alpha value is -2.21. The van der Waals surface area contributed by atoms with Crippen molar-refractivity contribution >= 4 is 5.97 Å². The maximum absolute atomic E-state index is 11.1. The van der Waals surface area contributed by atoms with Crippen LogP contribution in [0.3, 0.4) is 0 Å². The Morgan fingerprint density at radius 3 is 3.11 bits per heavy atom. The number of carboxylic acid groups (broad SMARTS) is 1. The van der Waals surface area contributed by atoms with E-state index < -0.39 is 12.0 Å². The maximum atomic E-state index is 11.1. The van der Waals surface area contributed by atoms with E-state index in [1.165, 1.54) is 0 Å². The summed E-state index contributed by atoms with van der Waals surface area (Å²) in [4.78, 5) is 19.7. The van der Waals surface area contributed by atoms with E-state index in [2.05, 4.69) is 15.3 Å². The summed E-state index contributed by atoms with van der Waals surface area (Å²) >= 11 is 0. The first-order valence-corrected chi connectivity index (χ1v) is 6.13. The van der Waals surface area contributed by atoms with Gasteiger partial charge in [-0.2, -0.15) is 0 Å². The molecule has 1 aliphatic heterocycles. The van der Waals surface area contributed by atoms with E-state index in [-0.39, 0.29) is 0 Å². The number of nitrogens with zero attached hydrogens (tertiary/aromatic N) is 3. The number of nitrogens with one attached hydrogen (secondary N) is 1. The molecule has 0 aliphatic carbocycles. The van der Waals surface area contributed by atoms with Gasteiger partial charge in [0.2, 0.25) is 0 Å². The van der Waals surface area contributed by atoms with Crippen molar-refractivity contribution in [3.63, 3.8) is 0 Å². The lowest BCUT2D eigenvalue weighted by Gasteiger charge is -2.21. The van der Waals surface area contributed by atoms with Crippen molar-refractivity contribution in [2.75, 3.05) is 0 Å². The summed E-state index contributed by atoms with van der Waals surface area (Å²) in [5.41, 5.74) is 2.85. The highest BCUT2D eigenvalue weighted by molar-refractivity contribution is 5.74. The molecule has 0 aromatic carbocycles. The first-order valence-electron chi connectivity index (χ1n) is 6.13. The minimum absolute atomic E-state index is 0.456. The monoisotopic (exact) mass is 258 g/mol. The lowest BCUT2D eigenvalue weighted by atomic mass is 10.1. The molecule has 0 radical (unpaired) electrons. The molecule has 6 heteroatoms. The van der Waals surface area contributed by atoms with Gasteiger partial charge in [-0.15, -0.1) is 0 Å². The van der Waals surface area contributed by atoms with E-state index in [1.54, 1.807) is 12.5 Å². The molecule has 2 aromatic heterocycles. The van der Waals surface area contributed by atoms with Crippen LogP contribution in [0.25, 0.3) is 0 Å². The second kappa shape index (κ2) is 4.81. The summed E-state index contributed by atoms with van der Waals surface area (Å²) in [6.07, 6.45) is 3.96. The number of carbonyl (C=O) groups is 1. The van der Waals surface area contributed by atoms with Crippen LogP contribution < -0.4 is 5.32 Å². The van der Waals surface area contributed by atoms with Crippen molar-refractivity contribution in [2.45, 2.75) is 25.6 Å². The Bertz CT molecular complexity index is 594. The Morgan fingerprint density at radius 2 is 2.37 bits per heavy atom. The third-order valence-electron chi connectivity index (χ3n) is 3.30. The molecule has 1 atom stereocenters. The van der Waals surface area contributed by atoms with Crippen LogP contribution in [0.1, 0.15) is 17.1 Å². The fourth-order valence-corrected chi connectivity index (χ4v) is 2.29. The SMILES string of the molecule is O=C(O)C1Cc2c(ncn2Cc2ccccn2)CN1. The Morgan fingerprint density at radius 1 is 1.47 bits per heavy atom. The van der Waals surface area contributed by atoms with Crippen molar-refractivity contribution in [1.82, 2.24) is 19.9 Å². The summed E-state index contributed by atoms with van der Waals surface area (Å²) in [6.45, 7) is 1.12. The summed E-state index contributed by atoms with van der Waals surface area (Å²) in [6, 6.07) is 5.22. The van der Waals surface area contributed by atoms with Crippen LogP contribution in [0.15, 0.2) is 30.7 Å². The fraction of sp³-hybridized carbons (Fsp3) is 0.308. The van der Waals surface area contributed by atoms with E-state index in [9.17, 15) is 4.79 Å². The van der Waals surface area contributed by atoms with Crippen LogP contribution in [0.2, 0.25) is 0 Å². The predicted octanol–water partition coefficient (Wildman–Crippen LogP) is 0.425. The molecule has 1 unspecified atom stereocenters. The van der Waals surface area contributed by atoms with Crippen LogP contribution >= 0.6 is 0 Å². The molecule has 3 heterocycles. The zero-order chi connectivity index (χ0) is 13.2. The molecule has 0 spiro atoms. The summed E-state index contributed by atoms with van der Waals surface area (Å²) in [5.74, 6) is -0.823. The average Bonchev–Trinajstić information content (AvgIpc) is 2.82. The van der Waals surface area contributed by atoms with Crippen molar-refractivity contribution in [2.24, 2.45) is 0 Å². The second-order valence-electron chi connectivity index (χ2n) is 4.56. The normalized spacial score (nSPS) is 18.0. The lowest BCUT2D eigenvalue weighted by Crippen LogP contribution is -2.42. The van der Waals surface area contributed by atoms with E-state index in [0.29, 0.717) is 19.5 Å². The Kier molecular flexibility index (Phi) is 3.00. The summed E-state index contributed by atoms with van der Waals surface area (Å²) < 4.78 is 1.98. The van der Waals surface area contributed by atoms with Gasteiger partial charge in [0.15, 0.2) is 0 Å². The van der Waals surface area contributed by atoms with E-state index in [4.69, 9.17) is 5.11 Å². The molecule has 2 N–H and O–H groups in total. The van der Waals surface area contributed by atoms with Crippen molar-refractivity contribution in [3.05, 3.63) is 47.8 Å². The highest BCUT2D eigenvalue weighted by atomic mass is 16.4. The number of aromatic nitrogens is 3. The first-order chi connectivity index (χ1) is 9.24. The highest BCUT2D eigenvalue weighted by Crippen LogP contribution is 2.16. The number of pyridine rings is 1. The van der Waals surface area contributed by atoms with Gasteiger partial charge >= 0.3 is 5.97 Å². The number of aliphatic carboxylic acids is 1. The Labute approximate surface area is 110 Å². The first kappa shape index (κ1) is 11.9.